The van der Waals surface area contributed by atoms with Gasteiger partial charge < -0.3 is 19.5 Å². The van der Waals surface area contributed by atoms with Gasteiger partial charge in [-0.2, -0.15) is 8.78 Å². The molecule has 1 aromatic carbocycles. The third-order valence-electron chi connectivity index (χ3n) is 5.43. The van der Waals surface area contributed by atoms with E-state index in [1.807, 2.05) is 6.92 Å². The number of hydrogen-bond acceptors (Lipinski definition) is 7. The summed E-state index contributed by atoms with van der Waals surface area (Å²) in [6, 6.07) is 4.21. The lowest BCUT2D eigenvalue weighted by atomic mass is 9.95. The summed E-state index contributed by atoms with van der Waals surface area (Å²) in [7, 11) is 1.51. The standard InChI is InChI=1S/C24H31F2N3O4/c1-7-11-24(25,26)20-21(29-17-12-14(31-6)9-10-16(17)28-20)32-18-13-27-19(15(18)8-2)22(30)33-23(3,4)5/h7,9-10,12,15,18-19,27H,1,8,11,13H2,2-6H3/t15-,18+,19+/m1/s1. The first-order valence-corrected chi connectivity index (χ1v) is 11.0. The van der Waals surface area contributed by atoms with Gasteiger partial charge in [0.1, 0.15) is 23.5 Å². The molecule has 0 spiro atoms. The van der Waals surface area contributed by atoms with E-state index in [-0.39, 0.29) is 18.3 Å². The predicted octanol–water partition coefficient (Wildman–Crippen LogP) is 4.39. The smallest absolute Gasteiger partial charge is 0.324 e. The van der Waals surface area contributed by atoms with Gasteiger partial charge in [0.2, 0.25) is 5.88 Å². The van der Waals surface area contributed by atoms with Crippen LogP contribution in [0.5, 0.6) is 11.6 Å². The Hall–Kier alpha value is -2.81. The molecule has 9 heteroatoms. The number of nitrogens with one attached hydrogen (secondary N) is 1. The van der Waals surface area contributed by atoms with Crippen molar-refractivity contribution < 1.29 is 27.8 Å². The fraction of sp³-hybridized carbons (Fsp3) is 0.542. The highest BCUT2D eigenvalue weighted by atomic mass is 19.3. The van der Waals surface area contributed by atoms with Gasteiger partial charge in [0.25, 0.3) is 5.92 Å². The molecule has 1 aromatic heterocycles. The Morgan fingerprint density at radius 2 is 2.00 bits per heavy atom. The Bertz CT molecular complexity index is 1020. The zero-order valence-corrected chi connectivity index (χ0v) is 19.7. The van der Waals surface area contributed by atoms with Crippen LogP contribution in [0.4, 0.5) is 8.78 Å². The van der Waals surface area contributed by atoms with E-state index in [2.05, 4.69) is 21.9 Å². The Labute approximate surface area is 192 Å². The summed E-state index contributed by atoms with van der Waals surface area (Å²) in [5.74, 6) is -3.75. The van der Waals surface area contributed by atoms with E-state index in [1.54, 1.807) is 39.0 Å². The SMILES string of the molecule is C=CCC(F)(F)c1nc2ccc(OC)cc2nc1O[C@H]1CN[C@H](C(=O)OC(C)(C)C)[C@@H]1CC. The highest BCUT2D eigenvalue weighted by Crippen LogP contribution is 2.38. The molecule has 1 aliphatic rings. The van der Waals surface area contributed by atoms with Crippen LogP contribution in [0.15, 0.2) is 30.9 Å². The maximum Gasteiger partial charge on any atom is 0.324 e. The van der Waals surface area contributed by atoms with Crippen molar-refractivity contribution in [2.75, 3.05) is 13.7 Å². The van der Waals surface area contributed by atoms with Gasteiger partial charge in [-0.15, -0.1) is 6.58 Å². The van der Waals surface area contributed by atoms with Crippen molar-refractivity contribution in [3.8, 4) is 11.6 Å². The van der Waals surface area contributed by atoms with Gasteiger partial charge in [-0.05, 0) is 39.3 Å². The molecule has 3 atom stereocenters. The van der Waals surface area contributed by atoms with Crippen LogP contribution in [-0.2, 0) is 15.5 Å². The number of fused-ring (bicyclic) bond motifs is 1. The molecule has 1 aliphatic heterocycles. The van der Waals surface area contributed by atoms with E-state index in [0.29, 0.717) is 23.2 Å². The largest absolute Gasteiger partial charge is 0.497 e. The molecule has 180 valence electrons. The monoisotopic (exact) mass is 463 g/mol. The molecule has 0 unspecified atom stereocenters. The van der Waals surface area contributed by atoms with Gasteiger partial charge in [0.05, 0.1) is 18.1 Å². The number of allylic oxidation sites excluding steroid dienone is 1. The summed E-state index contributed by atoms with van der Waals surface area (Å²) in [5.41, 5.74) is -0.537. The van der Waals surface area contributed by atoms with Gasteiger partial charge in [0.15, 0.2) is 5.69 Å². The number of esters is 1. The molecule has 33 heavy (non-hydrogen) atoms. The first-order valence-electron chi connectivity index (χ1n) is 11.0. The lowest BCUT2D eigenvalue weighted by Gasteiger charge is -2.27. The van der Waals surface area contributed by atoms with Crippen molar-refractivity contribution in [3.05, 3.63) is 36.5 Å². The van der Waals surface area contributed by atoms with Crippen molar-refractivity contribution in [2.45, 2.75) is 64.2 Å². The molecule has 7 nitrogen and oxygen atoms in total. The number of halogens is 2. The van der Waals surface area contributed by atoms with E-state index >= 15 is 0 Å². The van der Waals surface area contributed by atoms with Crippen molar-refractivity contribution in [3.63, 3.8) is 0 Å². The van der Waals surface area contributed by atoms with Crippen LogP contribution in [0, 0.1) is 5.92 Å². The maximum absolute atomic E-state index is 15.0. The van der Waals surface area contributed by atoms with E-state index in [4.69, 9.17) is 14.2 Å². The minimum absolute atomic E-state index is 0.266. The van der Waals surface area contributed by atoms with Crippen LogP contribution in [0.3, 0.4) is 0 Å². The first-order chi connectivity index (χ1) is 15.5. The number of carbonyl (C=O) groups is 1. The van der Waals surface area contributed by atoms with Crippen molar-refractivity contribution in [2.24, 2.45) is 5.92 Å². The number of benzene rings is 1. The maximum atomic E-state index is 15.0. The lowest BCUT2D eigenvalue weighted by molar-refractivity contribution is -0.158. The van der Waals surface area contributed by atoms with E-state index in [1.165, 1.54) is 7.11 Å². The van der Waals surface area contributed by atoms with Crippen LogP contribution in [0.1, 0.15) is 46.2 Å². The van der Waals surface area contributed by atoms with Gasteiger partial charge in [-0.3, -0.25) is 4.79 Å². The molecular formula is C24H31F2N3O4. The number of ether oxygens (including phenoxy) is 3. The van der Waals surface area contributed by atoms with Crippen LogP contribution in [0.25, 0.3) is 11.0 Å². The van der Waals surface area contributed by atoms with E-state index in [9.17, 15) is 13.6 Å². The van der Waals surface area contributed by atoms with Crippen molar-refractivity contribution in [1.29, 1.82) is 0 Å². The first kappa shape index (κ1) is 24.8. The second-order valence-electron chi connectivity index (χ2n) is 9.08. The van der Waals surface area contributed by atoms with Crippen molar-refractivity contribution >= 4 is 17.0 Å². The highest BCUT2D eigenvalue weighted by Gasteiger charge is 2.44. The van der Waals surface area contributed by atoms with Gasteiger partial charge in [-0.25, -0.2) is 9.97 Å². The Morgan fingerprint density at radius 1 is 1.27 bits per heavy atom. The molecule has 3 rings (SSSR count). The number of rotatable bonds is 8. The van der Waals surface area contributed by atoms with Crippen LogP contribution in [0.2, 0.25) is 0 Å². The van der Waals surface area contributed by atoms with Gasteiger partial charge in [-0.1, -0.05) is 13.0 Å². The summed E-state index contributed by atoms with van der Waals surface area (Å²) in [6.45, 7) is 11.0. The quantitative estimate of drug-likeness (QED) is 0.459. The fourth-order valence-corrected chi connectivity index (χ4v) is 3.90. The van der Waals surface area contributed by atoms with Crippen LogP contribution >= 0.6 is 0 Å². The average Bonchev–Trinajstić information content (AvgIpc) is 3.14. The van der Waals surface area contributed by atoms with Gasteiger partial charge >= 0.3 is 5.97 Å². The molecule has 0 amide bonds. The van der Waals surface area contributed by atoms with E-state index in [0.717, 1.165) is 6.08 Å². The molecule has 0 radical (unpaired) electrons. The summed E-state index contributed by atoms with van der Waals surface area (Å²) in [6.07, 6.45) is 0.534. The number of carbonyl (C=O) groups excluding carboxylic acids is 1. The topological polar surface area (TPSA) is 82.6 Å². The number of aromatic nitrogens is 2. The summed E-state index contributed by atoms with van der Waals surface area (Å²) in [4.78, 5) is 21.2. The second-order valence-corrected chi connectivity index (χ2v) is 9.08. The predicted molar refractivity (Wildman–Crippen MR) is 121 cm³/mol. The third kappa shape index (κ3) is 5.58. The number of methoxy groups -OCH3 is 1. The van der Waals surface area contributed by atoms with E-state index < -0.39 is 41.8 Å². The molecule has 2 aromatic rings. The number of nitrogens with zero attached hydrogens (tertiary/aromatic N) is 2. The third-order valence-corrected chi connectivity index (χ3v) is 5.43. The summed E-state index contributed by atoms with van der Waals surface area (Å²) in [5, 5.41) is 3.12. The van der Waals surface area contributed by atoms with Gasteiger partial charge in [0, 0.05) is 24.9 Å². The molecule has 0 saturated carbocycles. The summed E-state index contributed by atoms with van der Waals surface area (Å²) >= 11 is 0. The molecule has 2 heterocycles. The van der Waals surface area contributed by atoms with Crippen molar-refractivity contribution in [1.82, 2.24) is 15.3 Å². The average molecular weight is 464 g/mol. The molecule has 1 fully saturated rings. The Morgan fingerprint density at radius 3 is 2.61 bits per heavy atom. The molecule has 1 saturated heterocycles. The number of alkyl halides is 2. The molecule has 0 aliphatic carbocycles. The Kier molecular flexibility index (Phi) is 7.21. The molecule has 0 bridgehead atoms. The van der Waals surface area contributed by atoms with Crippen LogP contribution < -0.4 is 14.8 Å². The molecule has 1 N–H and O–H groups in total. The molecular weight excluding hydrogens is 432 g/mol. The lowest BCUT2D eigenvalue weighted by Crippen LogP contribution is -2.41. The zero-order valence-electron chi connectivity index (χ0n) is 19.7. The second kappa shape index (κ2) is 9.59. The fourth-order valence-electron chi connectivity index (χ4n) is 3.90. The Balaban J connectivity index is 1.97. The number of hydrogen-bond donors (Lipinski definition) is 1. The van der Waals surface area contributed by atoms with Crippen LogP contribution in [-0.4, -0.2) is 47.3 Å². The minimum atomic E-state index is -3.32. The highest BCUT2D eigenvalue weighted by molar-refractivity contribution is 5.78. The zero-order chi connectivity index (χ0) is 24.4. The minimum Gasteiger partial charge on any atom is -0.497 e. The summed E-state index contributed by atoms with van der Waals surface area (Å²) < 4.78 is 46.7. The normalized spacial score (nSPS) is 21.1.